The summed E-state index contributed by atoms with van der Waals surface area (Å²) in [7, 11) is 0. The molecule has 1 aromatic carbocycles. The first kappa shape index (κ1) is 14.6. The van der Waals surface area contributed by atoms with Gasteiger partial charge in [-0.15, -0.1) is 12.4 Å². The van der Waals surface area contributed by atoms with Crippen LogP contribution < -0.4 is 5.73 Å². The quantitative estimate of drug-likeness (QED) is 0.899. The number of aliphatic hydroxyl groups excluding tert-OH is 1. The van der Waals surface area contributed by atoms with E-state index < -0.39 is 12.1 Å². The second kappa shape index (κ2) is 6.44. The van der Waals surface area contributed by atoms with E-state index in [0.717, 1.165) is 0 Å². The van der Waals surface area contributed by atoms with Crippen molar-refractivity contribution in [1.82, 2.24) is 4.98 Å². The first-order valence-corrected chi connectivity index (χ1v) is 5.27. The Bertz CT molecular complexity index is 478. The van der Waals surface area contributed by atoms with Gasteiger partial charge in [-0.25, -0.2) is 4.39 Å². The molecule has 0 amide bonds. The summed E-state index contributed by atoms with van der Waals surface area (Å²) in [6.45, 7) is 0. The van der Waals surface area contributed by atoms with Gasteiger partial charge in [-0.2, -0.15) is 0 Å². The minimum atomic E-state index is -0.853. The topological polar surface area (TPSA) is 59.1 Å². The summed E-state index contributed by atoms with van der Waals surface area (Å²) in [5.74, 6) is -0.322. The molecule has 0 fully saturated rings. The normalized spacial score (nSPS) is 13.5. The molecule has 1 aromatic heterocycles. The lowest BCUT2D eigenvalue weighted by atomic mass is 9.98. The van der Waals surface area contributed by atoms with E-state index in [1.807, 2.05) is 0 Å². The van der Waals surface area contributed by atoms with Gasteiger partial charge in [0.1, 0.15) is 5.82 Å². The van der Waals surface area contributed by atoms with Crippen molar-refractivity contribution >= 4 is 12.4 Å². The number of aliphatic hydroxyl groups is 1. The van der Waals surface area contributed by atoms with Gasteiger partial charge in [0.25, 0.3) is 0 Å². The van der Waals surface area contributed by atoms with Crippen LogP contribution in [0.3, 0.4) is 0 Å². The Hall–Kier alpha value is -1.49. The van der Waals surface area contributed by atoms with Gasteiger partial charge < -0.3 is 10.8 Å². The van der Waals surface area contributed by atoms with Gasteiger partial charge in [0.05, 0.1) is 12.1 Å². The van der Waals surface area contributed by atoms with E-state index >= 15 is 0 Å². The number of nitrogens with two attached hydrogens (primary N) is 1. The number of aromatic nitrogens is 1. The molecule has 2 aromatic rings. The third kappa shape index (κ3) is 3.26. The van der Waals surface area contributed by atoms with Gasteiger partial charge in [0.15, 0.2) is 0 Å². The highest BCUT2D eigenvalue weighted by atomic mass is 35.5. The summed E-state index contributed by atoms with van der Waals surface area (Å²) in [5, 5.41) is 10.1. The Morgan fingerprint density at radius 3 is 2.33 bits per heavy atom. The Balaban J connectivity index is 0.00000162. The Kier molecular flexibility index (Phi) is 5.22. The Morgan fingerprint density at radius 2 is 1.78 bits per heavy atom. The largest absolute Gasteiger partial charge is 0.386 e. The van der Waals surface area contributed by atoms with Crippen molar-refractivity contribution in [1.29, 1.82) is 0 Å². The van der Waals surface area contributed by atoms with Gasteiger partial charge >= 0.3 is 0 Å². The highest BCUT2D eigenvalue weighted by molar-refractivity contribution is 5.85. The fourth-order valence-corrected chi connectivity index (χ4v) is 1.63. The number of hydrogen-bond donors (Lipinski definition) is 2. The standard InChI is InChI=1S/C13H13FN2O.ClH/c14-11-5-3-9(4-6-11)12(15)13(17)10-2-1-7-16-8-10;/h1-8,12-13,17H,15H2;1H. The molecular formula is C13H14ClFN2O. The molecule has 2 unspecified atom stereocenters. The van der Waals surface area contributed by atoms with Crippen LogP contribution >= 0.6 is 12.4 Å². The first-order chi connectivity index (χ1) is 8.18. The number of pyridine rings is 1. The molecule has 96 valence electrons. The van der Waals surface area contributed by atoms with Crippen molar-refractivity contribution in [3.8, 4) is 0 Å². The van der Waals surface area contributed by atoms with Gasteiger partial charge in [-0.3, -0.25) is 4.98 Å². The lowest BCUT2D eigenvalue weighted by Crippen LogP contribution is -2.19. The second-order valence-corrected chi connectivity index (χ2v) is 3.81. The molecule has 0 spiro atoms. The molecule has 0 aliphatic carbocycles. The van der Waals surface area contributed by atoms with E-state index in [0.29, 0.717) is 11.1 Å². The number of nitrogens with zero attached hydrogens (tertiary/aromatic N) is 1. The van der Waals surface area contributed by atoms with Crippen molar-refractivity contribution < 1.29 is 9.50 Å². The van der Waals surface area contributed by atoms with Crippen LogP contribution in [0.15, 0.2) is 48.8 Å². The molecule has 0 bridgehead atoms. The smallest absolute Gasteiger partial charge is 0.123 e. The summed E-state index contributed by atoms with van der Waals surface area (Å²) >= 11 is 0. The van der Waals surface area contributed by atoms with E-state index in [1.54, 1.807) is 36.7 Å². The molecule has 3 N–H and O–H groups in total. The summed E-state index contributed by atoms with van der Waals surface area (Å²) in [6.07, 6.45) is 2.34. The molecule has 3 nitrogen and oxygen atoms in total. The minimum absolute atomic E-state index is 0. The summed E-state index contributed by atoms with van der Waals surface area (Å²) < 4.78 is 12.8. The molecule has 18 heavy (non-hydrogen) atoms. The van der Waals surface area contributed by atoms with Gasteiger partial charge in [0, 0.05) is 18.0 Å². The lowest BCUT2D eigenvalue weighted by Gasteiger charge is -2.19. The second-order valence-electron chi connectivity index (χ2n) is 3.81. The average molecular weight is 269 g/mol. The number of halogens is 2. The maximum Gasteiger partial charge on any atom is 0.123 e. The van der Waals surface area contributed by atoms with Gasteiger partial charge in [0.2, 0.25) is 0 Å². The average Bonchev–Trinajstić information content (AvgIpc) is 2.39. The van der Waals surface area contributed by atoms with Crippen molar-refractivity contribution in [3.63, 3.8) is 0 Å². The maximum absolute atomic E-state index is 12.8. The van der Waals surface area contributed by atoms with Crippen LogP contribution in [0.25, 0.3) is 0 Å². The third-order valence-corrected chi connectivity index (χ3v) is 2.62. The molecule has 0 saturated heterocycles. The Labute approximate surface area is 111 Å². The fraction of sp³-hybridized carbons (Fsp3) is 0.154. The number of rotatable bonds is 3. The van der Waals surface area contributed by atoms with Crippen LogP contribution in [0, 0.1) is 5.82 Å². The van der Waals surface area contributed by atoms with Crippen LogP contribution in [0.1, 0.15) is 23.3 Å². The highest BCUT2D eigenvalue weighted by Crippen LogP contribution is 2.25. The predicted molar refractivity (Wildman–Crippen MR) is 69.8 cm³/mol. The number of hydrogen-bond acceptors (Lipinski definition) is 3. The zero-order valence-electron chi connectivity index (χ0n) is 9.53. The molecule has 0 aliphatic heterocycles. The summed E-state index contributed by atoms with van der Waals surface area (Å²) in [6, 6.07) is 8.67. The zero-order chi connectivity index (χ0) is 12.3. The van der Waals surface area contributed by atoms with Crippen LogP contribution in [0.2, 0.25) is 0 Å². The molecule has 5 heteroatoms. The van der Waals surface area contributed by atoms with E-state index in [4.69, 9.17) is 5.73 Å². The monoisotopic (exact) mass is 268 g/mol. The summed E-state index contributed by atoms with van der Waals surface area (Å²) in [4.78, 5) is 3.92. The number of benzene rings is 1. The van der Waals surface area contributed by atoms with Crippen molar-refractivity contribution in [2.75, 3.05) is 0 Å². The third-order valence-electron chi connectivity index (χ3n) is 2.62. The highest BCUT2D eigenvalue weighted by Gasteiger charge is 2.18. The molecule has 0 radical (unpaired) electrons. The molecule has 0 saturated carbocycles. The molecule has 2 atom stereocenters. The van der Waals surface area contributed by atoms with Crippen LogP contribution in [-0.2, 0) is 0 Å². The molecular weight excluding hydrogens is 255 g/mol. The van der Waals surface area contributed by atoms with Crippen LogP contribution in [0.5, 0.6) is 0 Å². The minimum Gasteiger partial charge on any atom is -0.386 e. The predicted octanol–water partition coefficient (Wildman–Crippen LogP) is 2.38. The lowest BCUT2D eigenvalue weighted by molar-refractivity contribution is 0.146. The summed E-state index contributed by atoms with van der Waals surface area (Å²) in [5.41, 5.74) is 7.25. The fourth-order valence-electron chi connectivity index (χ4n) is 1.63. The van der Waals surface area contributed by atoms with Crippen molar-refractivity contribution in [2.45, 2.75) is 12.1 Å². The van der Waals surface area contributed by atoms with Crippen LogP contribution in [-0.4, -0.2) is 10.1 Å². The van der Waals surface area contributed by atoms with Gasteiger partial charge in [-0.1, -0.05) is 18.2 Å². The van der Waals surface area contributed by atoms with E-state index in [9.17, 15) is 9.50 Å². The maximum atomic E-state index is 12.8. The van der Waals surface area contributed by atoms with E-state index in [2.05, 4.69) is 4.98 Å². The van der Waals surface area contributed by atoms with E-state index in [-0.39, 0.29) is 18.2 Å². The van der Waals surface area contributed by atoms with E-state index in [1.165, 1.54) is 12.1 Å². The SMILES string of the molecule is Cl.NC(c1ccc(F)cc1)C(O)c1cccnc1. The first-order valence-electron chi connectivity index (χ1n) is 5.27. The van der Waals surface area contributed by atoms with Gasteiger partial charge in [-0.05, 0) is 23.8 Å². The van der Waals surface area contributed by atoms with Crippen LogP contribution in [0.4, 0.5) is 4.39 Å². The van der Waals surface area contributed by atoms with Crippen molar-refractivity contribution in [2.24, 2.45) is 5.73 Å². The molecule has 2 rings (SSSR count). The molecule has 0 aliphatic rings. The Morgan fingerprint density at radius 1 is 1.11 bits per heavy atom. The zero-order valence-corrected chi connectivity index (χ0v) is 10.3. The van der Waals surface area contributed by atoms with Crippen molar-refractivity contribution in [3.05, 3.63) is 65.7 Å². The molecule has 1 heterocycles.